The van der Waals surface area contributed by atoms with Gasteiger partial charge in [0.15, 0.2) is 0 Å². The zero-order chi connectivity index (χ0) is 20.6. The van der Waals surface area contributed by atoms with E-state index in [1.54, 1.807) is 43.5 Å². The van der Waals surface area contributed by atoms with Crippen molar-refractivity contribution in [2.45, 2.75) is 37.5 Å². The Morgan fingerprint density at radius 3 is 2.62 bits per heavy atom. The third kappa shape index (κ3) is 4.49. The number of nitrogens with one attached hydrogen (secondary N) is 2. The van der Waals surface area contributed by atoms with E-state index in [2.05, 4.69) is 15.0 Å². The second-order valence-electron chi connectivity index (χ2n) is 7.25. The van der Waals surface area contributed by atoms with Gasteiger partial charge < -0.3 is 5.32 Å². The van der Waals surface area contributed by atoms with Gasteiger partial charge in [-0.15, -0.1) is 11.3 Å². The first kappa shape index (κ1) is 19.6. The van der Waals surface area contributed by atoms with Crippen LogP contribution in [0.4, 0.5) is 11.4 Å². The number of aromatic nitrogens is 1. The van der Waals surface area contributed by atoms with Gasteiger partial charge in [0.05, 0.1) is 16.1 Å². The van der Waals surface area contributed by atoms with E-state index < -0.39 is 10.0 Å². The van der Waals surface area contributed by atoms with Crippen LogP contribution in [0, 0.1) is 13.8 Å². The molecule has 0 radical (unpaired) electrons. The van der Waals surface area contributed by atoms with E-state index in [0.717, 1.165) is 23.4 Å². The minimum absolute atomic E-state index is 0.125. The minimum Gasteiger partial charge on any atom is -0.321 e. The average molecular weight is 428 g/mol. The molecule has 2 aromatic carbocycles. The van der Waals surface area contributed by atoms with Gasteiger partial charge in [0.1, 0.15) is 4.88 Å². The number of hydrogen-bond acceptors (Lipinski definition) is 5. The van der Waals surface area contributed by atoms with Crippen LogP contribution < -0.4 is 10.0 Å². The summed E-state index contributed by atoms with van der Waals surface area (Å²) in [5, 5.41) is 3.77. The van der Waals surface area contributed by atoms with Crippen molar-refractivity contribution >= 4 is 38.6 Å². The predicted octanol–water partition coefficient (Wildman–Crippen LogP) is 4.69. The van der Waals surface area contributed by atoms with Gasteiger partial charge in [-0.05, 0) is 62.1 Å². The van der Waals surface area contributed by atoms with Crippen LogP contribution in [0.3, 0.4) is 0 Å². The second-order valence-corrected chi connectivity index (χ2v) is 9.96. The number of anilines is 2. The number of sulfonamides is 1. The molecule has 0 atom stereocenters. The zero-order valence-electron chi connectivity index (χ0n) is 16.1. The summed E-state index contributed by atoms with van der Waals surface area (Å²) >= 11 is 1.39. The van der Waals surface area contributed by atoms with Crippen molar-refractivity contribution in [1.82, 2.24) is 4.98 Å². The van der Waals surface area contributed by atoms with E-state index in [1.165, 1.54) is 17.4 Å². The number of hydrogen-bond donors (Lipinski definition) is 2. The van der Waals surface area contributed by atoms with Crippen molar-refractivity contribution in [3.63, 3.8) is 0 Å². The maximum absolute atomic E-state index is 12.9. The molecule has 2 N–H and O–H groups in total. The largest absolute Gasteiger partial charge is 0.321 e. The van der Waals surface area contributed by atoms with Gasteiger partial charge in [-0.25, -0.2) is 13.4 Å². The molecule has 0 spiro atoms. The number of benzene rings is 2. The number of amides is 1. The highest BCUT2D eigenvalue weighted by molar-refractivity contribution is 7.92. The van der Waals surface area contributed by atoms with E-state index in [9.17, 15) is 13.2 Å². The van der Waals surface area contributed by atoms with Crippen LogP contribution in [0.1, 0.15) is 44.6 Å². The van der Waals surface area contributed by atoms with E-state index in [1.807, 2.05) is 13.0 Å². The molecule has 1 heterocycles. The van der Waals surface area contributed by atoms with Crippen LogP contribution in [0.5, 0.6) is 0 Å². The van der Waals surface area contributed by atoms with Gasteiger partial charge in [-0.3, -0.25) is 9.52 Å². The zero-order valence-corrected chi connectivity index (χ0v) is 17.7. The summed E-state index contributed by atoms with van der Waals surface area (Å²) in [5.74, 6) is 0.207. The number of thiazole rings is 1. The lowest BCUT2D eigenvalue weighted by Crippen LogP contribution is -2.16. The Balaban J connectivity index is 1.55. The Hall–Kier alpha value is -2.71. The lowest BCUT2D eigenvalue weighted by atomic mass is 10.2. The Morgan fingerprint density at radius 2 is 1.90 bits per heavy atom. The molecule has 0 bridgehead atoms. The van der Waals surface area contributed by atoms with Gasteiger partial charge in [-0.2, -0.15) is 0 Å². The van der Waals surface area contributed by atoms with Gasteiger partial charge in [0.25, 0.3) is 15.9 Å². The smallest absolute Gasteiger partial charge is 0.267 e. The summed E-state index contributed by atoms with van der Waals surface area (Å²) in [4.78, 5) is 17.5. The van der Waals surface area contributed by atoms with E-state index >= 15 is 0 Å². The molecule has 8 heteroatoms. The normalized spacial score (nSPS) is 13.9. The topological polar surface area (TPSA) is 88.2 Å². The quantitative estimate of drug-likeness (QED) is 0.597. The molecule has 1 fully saturated rings. The van der Waals surface area contributed by atoms with E-state index in [4.69, 9.17) is 0 Å². The van der Waals surface area contributed by atoms with Gasteiger partial charge in [0, 0.05) is 17.3 Å². The molecule has 1 saturated carbocycles. The summed E-state index contributed by atoms with van der Waals surface area (Å²) in [6.45, 7) is 3.62. The molecular formula is C21H21N3O3S2. The molecule has 4 rings (SSSR count). The minimum atomic E-state index is -3.79. The predicted molar refractivity (Wildman–Crippen MR) is 115 cm³/mol. The van der Waals surface area contributed by atoms with Crippen molar-refractivity contribution in [2.75, 3.05) is 10.0 Å². The molecular weight excluding hydrogens is 406 g/mol. The standard InChI is InChI=1S/C21H21N3O3S2/c1-13-4-3-5-17(10-13)24-29(26,27)19-11-16(9-6-14(19)2)23-20(25)18-12-22-21(28-18)15-7-8-15/h3-6,9-12,15,24H,7-8H2,1-2H3,(H,23,25). The lowest BCUT2D eigenvalue weighted by molar-refractivity contribution is 0.103. The highest BCUT2D eigenvalue weighted by Gasteiger charge is 2.27. The summed E-state index contributed by atoms with van der Waals surface area (Å²) in [6, 6.07) is 12.0. The molecule has 6 nitrogen and oxygen atoms in total. The Morgan fingerprint density at radius 1 is 1.10 bits per heavy atom. The molecule has 1 aromatic heterocycles. The van der Waals surface area contributed by atoms with Crippen LogP contribution in [0.2, 0.25) is 0 Å². The summed E-state index contributed by atoms with van der Waals surface area (Å²) in [7, 11) is -3.79. The van der Waals surface area contributed by atoms with Crippen molar-refractivity contribution in [3.05, 3.63) is 69.7 Å². The number of rotatable bonds is 6. The van der Waals surface area contributed by atoms with Crippen LogP contribution in [0.25, 0.3) is 0 Å². The molecule has 29 heavy (non-hydrogen) atoms. The fourth-order valence-corrected chi connectivity index (χ4v) is 5.29. The van der Waals surface area contributed by atoms with E-state index in [-0.39, 0.29) is 10.8 Å². The van der Waals surface area contributed by atoms with Crippen molar-refractivity contribution in [2.24, 2.45) is 0 Å². The van der Waals surface area contributed by atoms with Crippen LogP contribution >= 0.6 is 11.3 Å². The van der Waals surface area contributed by atoms with Crippen LogP contribution in [-0.2, 0) is 10.0 Å². The summed E-state index contributed by atoms with van der Waals surface area (Å²) in [5.41, 5.74) is 2.47. The molecule has 1 aliphatic carbocycles. The Labute approximate surface area is 174 Å². The maximum atomic E-state index is 12.9. The first-order valence-corrected chi connectivity index (χ1v) is 11.6. The summed E-state index contributed by atoms with van der Waals surface area (Å²) < 4.78 is 28.4. The molecule has 3 aromatic rings. The number of carbonyl (C=O) groups is 1. The van der Waals surface area contributed by atoms with Crippen molar-refractivity contribution in [1.29, 1.82) is 0 Å². The Kier molecular flexibility index (Phi) is 5.14. The van der Waals surface area contributed by atoms with Crippen LogP contribution in [-0.4, -0.2) is 19.3 Å². The maximum Gasteiger partial charge on any atom is 0.267 e. The van der Waals surface area contributed by atoms with Gasteiger partial charge in [-0.1, -0.05) is 18.2 Å². The van der Waals surface area contributed by atoms with Gasteiger partial charge >= 0.3 is 0 Å². The molecule has 0 unspecified atom stereocenters. The molecule has 1 amide bonds. The first-order chi connectivity index (χ1) is 13.8. The lowest BCUT2D eigenvalue weighted by Gasteiger charge is -2.13. The second kappa shape index (κ2) is 7.61. The van der Waals surface area contributed by atoms with Crippen molar-refractivity contribution in [3.8, 4) is 0 Å². The third-order valence-corrected chi connectivity index (χ3v) is 7.36. The highest BCUT2D eigenvalue weighted by atomic mass is 32.2. The monoisotopic (exact) mass is 427 g/mol. The van der Waals surface area contributed by atoms with E-state index in [0.29, 0.717) is 27.7 Å². The fraction of sp³-hybridized carbons (Fsp3) is 0.238. The number of aryl methyl sites for hydroxylation is 2. The first-order valence-electron chi connectivity index (χ1n) is 9.29. The average Bonchev–Trinajstić information content (AvgIpc) is 3.39. The van der Waals surface area contributed by atoms with Crippen LogP contribution in [0.15, 0.2) is 53.6 Å². The number of nitrogens with zero attached hydrogens (tertiary/aromatic N) is 1. The molecule has 150 valence electrons. The summed E-state index contributed by atoms with van der Waals surface area (Å²) in [6.07, 6.45) is 3.84. The Bertz CT molecular complexity index is 1180. The van der Waals surface area contributed by atoms with Crippen molar-refractivity contribution < 1.29 is 13.2 Å². The third-order valence-electron chi connectivity index (χ3n) is 4.68. The SMILES string of the molecule is Cc1cccc(NS(=O)(=O)c2cc(NC(=O)c3cnc(C4CC4)s3)ccc2C)c1. The molecule has 0 saturated heterocycles. The molecule has 0 aliphatic heterocycles. The number of carbonyl (C=O) groups excluding carboxylic acids is 1. The highest BCUT2D eigenvalue weighted by Crippen LogP contribution is 2.41. The van der Waals surface area contributed by atoms with Gasteiger partial charge in [0.2, 0.25) is 0 Å². The molecule has 1 aliphatic rings. The fourth-order valence-electron chi connectivity index (χ4n) is 2.99.